The van der Waals surface area contributed by atoms with Gasteiger partial charge in [-0.25, -0.2) is 0 Å². The molecule has 4 atom stereocenters. The first kappa shape index (κ1) is 7.35. The summed E-state index contributed by atoms with van der Waals surface area (Å²) in [5.41, 5.74) is -0.803. The molecule has 22 heavy (non-hydrogen) atoms. The molecule has 0 aromatic heterocycles. The molecule has 5 rings (SSSR count). The zero-order valence-corrected chi connectivity index (χ0v) is 12.1. The van der Waals surface area contributed by atoms with Gasteiger partial charge >= 0.3 is 0 Å². The number of likely N-dealkylation sites (N-methyl/N-ethyl adjacent to an activating group) is 1. The number of rotatable bonds is 1. The van der Waals surface area contributed by atoms with Crippen LogP contribution < -0.4 is 9.47 Å². The number of carbonyl (C=O) groups is 1. The molecule has 1 aromatic carbocycles. The normalized spacial score (nSPS) is 52.3. The molecular weight excluding hydrogens is 278 g/mol. The summed E-state index contributed by atoms with van der Waals surface area (Å²) in [6.45, 7) is -2.74. The minimum Gasteiger partial charge on any atom is -0.493 e. The molecule has 4 aliphatic rings. The second-order valence-corrected chi connectivity index (χ2v) is 6.22. The summed E-state index contributed by atoms with van der Waals surface area (Å²) in [5, 5.41) is 0. The van der Waals surface area contributed by atoms with Crippen molar-refractivity contribution >= 4 is 5.78 Å². The Hall–Kier alpha value is -1.55. The minimum absolute atomic E-state index is 0.0620. The van der Waals surface area contributed by atoms with Gasteiger partial charge in [-0.2, -0.15) is 0 Å². The number of nitrogens with zero attached hydrogens (tertiary/aromatic N) is 1. The first-order valence-electron chi connectivity index (χ1n) is 11.4. The van der Waals surface area contributed by atoms with Crippen molar-refractivity contribution in [3.8, 4) is 11.5 Å². The highest BCUT2D eigenvalue weighted by Crippen LogP contribution is 2.62. The third kappa shape index (κ3) is 1.27. The van der Waals surface area contributed by atoms with E-state index in [4.69, 9.17) is 19.1 Å². The van der Waals surface area contributed by atoms with Gasteiger partial charge in [-0.05, 0) is 50.3 Å². The summed E-state index contributed by atoms with van der Waals surface area (Å²) in [5.74, 6) is -2.29. The van der Waals surface area contributed by atoms with Crippen molar-refractivity contribution in [3.05, 3.63) is 23.3 Å². The lowest BCUT2D eigenvalue weighted by Gasteiger charge is -2.57. The van der Waals surface area contributed by atoms with Gasteiger partial charge in [-0.1, -0.05) is 6.07 Å². The zero-order chi connectivity index (χ0) is 22.1. The van der Waals surface area contributed by atoms with Gasteiger partial charge < -0.3 is 14.4 Å². The number of benzene rings is 1. The smallest absolute Gasteiger partial charge is 0.174 e. The Morgan fingerprint density at radius 2 is 2.50 bits per heavy atom. The molecule has 2 aliphatic heterocycles. The molecule has 1 unspecified atom stereocenters. The molecule has 2 fully saturated rings. The molecule has 1 aromatic rings. The lowest BCUT2D eigenvalue weighted by atomic mass is 9.52. The number of ketones is 1. The van der Waals surface area contributed by atoms with Crippen molar-refractivity contribution in [1.82, 2.24) is 4.90 Å². The molecule has 1 saturated carbocycles. The van der Waals surface area contributed by atoms with Gasteiger partial charge in [0.1, 0.15) is 0 Å². The molecule has 2 bridgehead atoms. The molecule has 2 aliphatic carbocycles. The number of piperidine rings is 1. The Balaban J connectivity index is 1.90. The summed E-state index contributed by atoms with van der Waals surface area (Å²) in [6.07, 6.45) is -6.60. The Labute approximate surface area is 141 Å². The Morgan fingerprint density at radius 3 is 3.32 bits per heavy atom. The fourth-order valence-corrected chi connectivity index (χ4v) is 4.48. The molecule has 2 heterocycles. The maximum Gasteiger partial charge on any atom is 0.174 e. The molecule has 4 heteroatoms. The minimum atomic E-state index is -2.68. The van der Waals surface area contributed by atoms with E-state index in [2.05, 4.69) is 0 Å². The molecular formula is C18H21NO3. The number of Topliss-reactive ketones (excluding diaryl/α,β-unsaturated/α-hetero) is 1. The zero-order valence-electron chi connectivity index (χ0n) is 20.1. The van der Waals surface area contributed by atoms with E-state index in [-0.39, 0.29) is 30.0 Å². The van der Waals surface area contributed by atoms with Crippen LogP contribution in [0.15, 0.2) is 12.1 Å². The number of ether oxygens (including phenoxy) is 2. The number of hydrogen-bond acceptors (Lipinski definition) is 4. The van der Waals surface area contributed by atoms with Gasteiger partial charge in [0.25, 0.3) is 0 Å². The van der Waals surface area contributed by atoms with Crippen LogP contribution in [0.2, 0.25) is 0 Å². The fraction of sp³-hybridized carbons (Fsp3) is 0.611. The molecule has 116 valence electrons. The van der Waals surface area contributed by atoms with Crippen LogP contribution in [0.5, 0.6) is 11.5 Å². The van der Waals surface area contributed by atoms with Gasteiger partial charge in [-0.15, -0.1) is 0 Å². The maximum atomic E-state index is 13.1. The quantitative estimate of drug-likeness (QED) is 0.795. The van der Waals surface area contributed by atoms with E-state index in [1.807, 2.05) is 0 Å². The van der Waals surface area contributed by atoms with Gasteiger partial charge in [0.2, 0.25) is 0 Å². The molecule has 1 saturated heterocycles. The van der Waals surface area contributed by atoms with Gasteiger partial charge in [-0.3, -0.25) is 4.79 Å². The molecule has 0 N–H and O–H groups in total. The number of hydrogen-bond donors (Lipinski definition) is 0. The Morgan fingerprint density at radius 1 is 1.59 bits per heavy atom. The third-order valence-corrected chi connectivity index (χ3v) is 5.42. The van der Waals surface area contributed by atoms with Crippen LogP contribution in [-0.4, -0.2) is 43.5 Å². The Bertz CT molecular complexity index is 979. The SMILES string of the molecule is [2H]C1([2H])C[C@@]2([2H])[C@@H]3N(C([2H])([2H])[2H])CC[C@@]24c2c(ccc(OC)c2OC4C1=O)C3([2H])[2H]. The highest BCUT2D eigenvalue weighted by Gasteiger charge is 2.65. The predicted molar refractivity (Wildman–Crippen MR) is 81.6 cm³/mol. The van der Waals surface area contributed by atoms with E-state index in [9.17, 15) is 6.17 Å². The van der Waals surface area contributed by atoms with E-state index in [0.717, 1.165) is 4.90 Å². The standard InChI is InChI=1S/C18H21NO3/c1-19-8-7-18-11-4-5-13(20)17(18)22-16-14(21-2)6-3-10(15(16)18)9-12(11)19/h3,6,11-12,17H,4-5,7-9H2,1-2H3/t11-,12+,17?,18-/m0/s1/i1D3,5D2,9D2,11D. The predicted octanol–water partition coefficient (Wildman–Crippen LogP) is 1.93. The number of likely N-dealkylation sites (tertiary alicyclic amines) is 1. The highest BCUT2D eigenvalue weighted by atomic mass is 16.5. The summed E-state index contributed by atoms with van der Waals surface area (Å²) in [7, 11) is 1.41. The van der Waals surface area contributed by atoms with Crippen molar-refractivity contribution in [2.24, 2.45) is 5.89 Å². The van der Waals surface area contributed by atoms with Gasteiger partial charge in [0, 0.05) is 34.4 Å². The van der Waals surface area contributed by atoms with Crippen LogP contribution in [0.4, 0.5) is 0 Å². The van der Waals surface area contributed by atoms with Crippen molar-refractivity contribution in [3.63, 3.8) is 0 Å². The fourth-order valence-electron chi connectivity index (χ4n) is 4.48. The van der Waals surface area contributed by atoms with Crippen LogP contribution in [0.1, 0.15) is 41.3 Å². The average Bonchev–Trinajstić information content (AvgIpc) is 2.95. The highest BCUT2D eigenvalue weighted by molar-refractivity contribution is 5.89. The second-order valence-electron chi connectivity index (χ2n) is 6.22. The van der Waals surface area contributed by atoms with E-state index in [1.54, 1.807) is 0 Å². The maximum absolute atomic E-state index is 13.1. The molecule has 0 amide bonds. The average molecular weight is 307 g/mol. The topological polar surface area (TPSA) is 38.8 Å². The summed E-state index contributed by atoms with van der Waals surface area (Å²) < 4.78 is 79.1. The van der Waals surface area contributed by atoms with E-state index >= 15 is 0 Å². The van der Waals surface area contributed by atoms with E-state index < -0.39 is 55.4 Å². The number of methoxy groups -OCH3 is 1. The van der Waals surface area contributed by atoms with Crippen molar-refractivity contribution in [2.45, 2.75) is 43.1 Å². The van der Waals surface area contributed by atoms with Crippen molar-refractivity contribution in [2.75, 3.05) is 20.6 Å². The third-order valence-electron chi connectivity index (χ3n) is 5.42. The van der Waals surface area contributed by atoms with Crippen LogP contribution in [0.25, 0.3) is 0 Å². The monoisotopic (exact) mass is 307 g/mol. The van der Waals surface area contributed by atoms with Crippen LogP contribution in [0, 0.1) is 5.89 Å². The molecule has 4 nitrogen and oxygen atoms in total. The van der Waals surface area contributed by atoms with Gasteiger partial charge in [0.15, 0.2) is 23.4 Å². The van der Waals surface area contributed by atoms with Crippen molar-refractivity contribution in [1.29, 1.82) is 0 Å². The first-order valence-corrected chi connectivity index (χ1v) is 7.43. The van der Waals surface area contributed by atoms with E-state index in [0.29, 0.717) is 5.56 Å². The second kappa shape index (κ2) is 4.05. The lowest BCUT2D eigenvalue weighted by Crippen LogP contribution is -2.65. The molecule has 1 spiro atoms. The van der Waals surface area contributed by atoms with Crippen LogP contribution in [-0.2, 0) is 16.6 Å². The van der Waals surface area contributed by atoms with Gasteiger partial charge in [0.05, 0.1) is 7.11 Å². The Kier molecular flexibility index (Phi) is 1.35. The number of carbonyl (C=O) groups excluding carboxylic acids is 1. The summed E-state index contributed by atoms with van der Waals surface area (Å²) in [4.78, 5) is 14.1. The first-order chi connectivity index (χ1) is 13.7. The lowest BCUT2D eigenvalue weighted by molar-refractivity contribution is -0.138. The van der Waals surface area contributed by atoms with Crippen LogP contribution >= 0.6 is 0 Å². The summed E-state index contributed by atoms with van der Waals surface area (Å²) in [6, 6.07) is 1.53. The van der Waals surface area contributed by atoms with Crippen molar-refractivity contribution < 1.29 is 25.2 Å². The van der Waals surface area contributed by atoms with Crippen LogP contribution in [0.3, 0.4) is 0 Å². The molecule has 0 radical (unpaired) electrons. The largest absolute Gasteiger partial charge is 0.493 e. The van der Waals surface area contributed by atoms with E-state index in [1.165, 1.54) is 19.2 Å². The summed E-state index contributed by atoms with van der Waals surface area (Å²) >= 11 is 0.